The van der Waals surface area contributed by atoms with E-state index in [9.17, 15) is 14.4 Å². The molecule has 0 radical (unpaired) electrons. The van der Waals surface area contributed by atoms with Crippen LogP contribution in [0.15, 0.2) is 5.38 Å². The molecule has 0 bridgehead atoms. The van der Waals surface area contributed by atoms with Gasteiger partial charge in [-0.15, -0.1) is 11.3 Å². The lowest BCUT2D eigenvalue weighted by Crippen LogP contribution is -2.43. The second-order valence-electron chi connectivity index (χ2n) is 9.30. The van der Waals surface area contributed by atoms with Crippen molar-refractivity contribution < 1.29 is 14.4 Å². The SMILES string of the molecule is O=C(Cc1csc(NC(=O)CN(C(=O)C2CCCCC2)C2CC2)n1)NCCN1CCCC1. The summed E-state index contributed by atoms with van der Waals surface area (Å²) in [6, 6.07) is 0.214. The molecular weight excluding hydrogens is 426 g/mol. The van der Waals surface area contributed by atoms with Crippen LogP contribution in [0.4, 0.5) is 5.13 Å². The first-order valence-electron chi connectivity index (χ1n) is 12.1. The summed E-state index contributed by atoms with van der Waals surface area (Å²) in [6.07, 6.45) is 9.98. The van der Waals surface area contributed by atoms with Crippen LogP contribution in [0.2, 0.25) is 0 Å². The molecule has 2 heterocycles. The summed E-state index contributed by atoms with van der Waals surface area (Å²) in [5.74, 6) is -0.0391. The average molecular weight is 462 g/mol. The zero-order chi connectivity index (χ0) is 22.3. The Morgan fingerprint density at radius 3 is 2.50 bits per heavy atom. The number of likely N-dealkylation sites (tertiary alicyclic amines) is 1. The standard InChI is InChI=1S/C23H35N5O3S/c29-20(24-10-13-27-11-4-5-12-27)14-18-16-32-23(25-18)26-21(30)15-28(19-8-9-19)22(31)17-6-2-1-3-7-17/h16-17,19H,1-15H2,(H,24,29)(H,25,26,30). The van der Waals surface area contributed by atoms with Crippen LogP contribution in [-0.4, -0.2) is 71.3 Å². The van der Waals surface area contributed by atoms with Crippen molar-refractivity contribution in [2.24, 2.45) is 5.92 Å². The third kappa shape index (κ3) is 6.75. The summed E-state index contributed by atoms with van der Waals surface area (Å²) in [5.41, 5.74) is 0.654. The Morgan fingerprint density at radius 2 is 1.78 bits per heavy atom. The maximum Gasteiger partial charge on any atom is 0.245 e. The Hall–Kier alpha value is -2.00. The number of rotatable bonds is 10. The summed E-state index contributed by atoms with van der Waals surface area (Å²) in [7, 11) is 0. The van der Waals surface area contributed by atoms with Crippen molar-refractivity contribution in [3.8, 4) is 0 Å². The van der Waals surface area contributed by atoms with Crippen LogP contribution in [0.1, 0.15) is 63.5 Å². The molecule has 0 unspecified atom stereocenters. The van der Waals surface area contributed by atoms with Crippen molar-refractivity contribution >= 4 is 34.2 Å². The minimum absolute atomic E-state index is 0.0506. The quantitative estimate of drug-likeness (QED) is 0.558. The van der Waals surface area contributed by atoms with Gasteiger partial charge in [0.05, 0.1) is 12.1 Å². The number of carbonyl (C=O) groups is 3. The van der Waals surface area contributed by atoms with E-state index in [4.69, 9.17) is 0 Å². The van der Waals surface area contributed by atoms with Crippen LogP contribution in [0.3, 0.4) is 0 Å². The van der Waals surface area contributed by atoms with Crippen molar-refractivity contribution in [2.45, 2.75) is 70.3 Å². The molecule has 2 N–H and O–H groups in total. The lowest BCUT2D eigenvalue weighted by atomic mass is 9.88. The molecule has 1 aromatic rings. The molecule has 1 aliphatic heterocycles. The third-order valence-corrected chi connectivity index (χ3v) is 7.43. The molecule has 4 rings (SSSR count). The minimum Gasteiger partial charge on any atom is -0.354 e. The third-order valence-electron chi connectivity index (χ3n) is 6.63. The molecule has 32 heavy (non-hydrogen) atoms. The van der Waals surface area contributed by atoms with Crippen LogP contribution in [0.5, 0.6) is 0 Å². The van der Waals surface area contributed by atoms with Gasteiger partial charge in [-0.25, -0.2) is 4.98 Å². The van der Waals surface area contributed by atoms with Gasteiger partial charge in [-0.3, -0.25) is 14.4 Å². The number of aromatic nitrogens is 1. The molecule has 1 aromatic heterocycles. The lowest BCUT2D eigenvalue weighted by Gasteiger charge is -2.28. The largest absolute Gasteiger partial charge is 0.354 e. The summed E-state index contributed by atoms with van der Waals surface area (Å²) in [4.78, 5) is 46.3. The monoisotopic (exact) mass is 461 g/mol. The van der Waals surface area contributed by atoms with Crippen LogP contribution in [0.25, 0.3) is 0 Å². The molecule has 8 nitrogen and oxygen atoms in total. The molecule has 176 valence electrons. The normalized spacial score (nSPS) is 19.6. The molecule has 0 spiro atoms. The molecule has 0 aromatic carbocycles. The van der Waals surface area contributed by atoms with E-state index in [0.717, 1.165) is 58.2 Å². The Kier molecular flexibility index (Phi) is 8.13. The fourth-order valence-corrected chi connectivity index (χ4v) is 5.43. The van der Waals surface area contributed by atoms with Crippen molar-refractivity contribution in [3.63, 3.8) is 0 Å². The minimum atomic E-state index is -0.211. The molecule has 0 atom stereocenters. The molecular formula is C23H35N5O3S. The summed E-state index contributed by atoms with van der Waals surface area (Å²) in [5, 5.41) is 8.06. The molecule has 1 saturated heterocycles. The highest BCUT2D eigenvalue weighted by atomic mass is 32.1. The topological polar surface area (TPSA) is 94.6 Å². The molecule has 3 fully saturated rings. The van der Waals surface area contributed by atoms with Gasteiger partial charge in [0.2, 0.25) is 17.7 Å². The number of carbonyl (C=O) groups excluding carboxylic acids is 3. The van der Waals surface area contributed by atoms with E-state index in [-0.39, 0.29) is 42.6 Å². The number of nitrogens with one attached hydrogen (secondary N) is 2. The van der Waals surface area contributed by atoms with Gasteiger partial charge in [-0.05, 0) is 51.6 Å². The average Bonchev–Trinajstić information content (AvgIpc) is 3.33. The van der Waals surface area contributed by atoms with E-state index >= 15 is 0 Å². The van der Waals surface area contributed by atoms with Gasteiger partial charge < -0.3 is 20.4 Å². The van der Waals surface area contributed by atoms with Crippen LogP contribution < -0.4 is 10.6 Å². The van der Waals surface area contributed by atoms with Gasteiger partial charge in [0.1, 0.15) is 6.54 Å². The van der Waals surface area contributed by atoms with E-state index in [1.54, 1.807) is 4.90 Å². The van der Waals surface area contributed by atoms with Gasteiger partial charge in [-0.1, -0.05) is 19.3 Å². The number of thiazole rings is 1. The van der Waals surface area contributed by atoms with E-state index < -0.39 is 0 Å². The molecule has 3 aliphatic rings. The van der Waals surface area contributed by atoms with Crippen LogP contribution >= 0.6 is 11.3 Å². The molecule has 2 saturated carbocycles. The van der Waals surface area contributed by atoms with E-state index in [1.165, 1.54) is 30.6 Å². The zero-order valence-corrected chi connectivity index (χ0v) is 19.6. The molecule has 9 heteroatoms. The van der Waals surface area contributed by atoms with E-state index in [2.05, 4.69) is 20.5 Å². The first kappa shape index (κ1) is 23.2. The first-order valence-corrected chi connectivity index (χ1v) is 13.0. The first-order chi connectivity index (χ1) is 15.6. The highest BCUT2D eigenvalue weighted by Crippen LogP contribution is 2.32. The number of anilines is 1. The van der Waals surface area contributed by atoms with E-state index in [0.29, 0.717) is 17.4 Å². The van der Waals surface area contributed by atoms with Gasteiger partial charge in [0.25, 0.3) is 0 Å². The number of hydrogen-bond donors (Lipinski definition) is 2. The second kappa shape index (κ2) is 11.2. The summed E-state index contributed by atoms with van der Waals surface area (Å²) < 4.78 is 0. The molecule has 2 aliphatic carbocycles. The predicted molar refractivity (Wildman–Crippen MR) is 124 cm³/mol. The zero-order valence-electron chi connectivity index (χ0n) is 18.8. The number of hydrogen-bond acceptors (Lipinski definition) is 6. The molecule has 3 amide bonds. The summed E-state index contributed by atoms with van der Waals surface area (Å²) in [6.45, 7) is 3.87. The van der Waals surface area contributed by atoms with Crippen LogP contribution in [0, 0.1) is 5.92 Å². The van der Waals surface area contributed by atoms with Gasteiger partial charge >= 0.3 is 0 Å². The van der Waals surface area contributed by atoms with Gasteiger partial charge in [0.15, 0.2) is 5.13 Å². The fraction of sp³-hybridized carbons (Fsp3) is 0.739. The number of nitrogens with zero attached hydrogens (tertiary/aromatic N) is 3. The Morgan fingerprint density at radius 1 is 1.03 bits per heavy atom. The van der Waals surface area contributed by atoms with E-state index in [1.807, 2.05) is 5.38 Å². The lowest BCUT2D eigenvalue weighted by molar-refractivity contribution is -0.139. The maximum atomic E-state index is 12.9. The second-order valence-corrected chi connectivity index (χ2v) is 10.2. The van der Waals surface area contributed by atoms with Crippen molar-refractivity contribution in [1.82, 2.24) is 20.1 Å². The Balaban J connectivity index is 1.21. The highest BCUT2D eigenvalue weighted by molar-refractivity contribution is 7.13. The highest BCUT2D eigenvalue weighted by Gasteiger charge is 2.37. The van der Waals surface area contributed by atoms with Crippen molar-refractivity contribution in [2.75, 3.05) is 38.0 Å². The van der Waals surface area contributed by atoms with Crippen molar-refractivity contribution in [1.29, 1.82) is 0 Å². The Labute approximate surface area is 194 Å². The predicted octanol–water partition coefficient (Wildman–Crippen LogP) is 2.41. The van der Waals surface area contributed by atoms with Gasteiger partial charge in [-0.2, -0.15) is 0 Å². The Bertz CT molecular complexity index is 797. The van der Waals surface area contributed by atoms with Crippen LogP contribution in [-0.2, 0) is 20.8 Å². The smallest absolute Gasteiger partial charge is 0.245 e. The number of amides is 3. The maximum absolute atomic E-state index is 12.9. The van der Waals surface area contributed by atoms with Gasteiger partial charge in [0, 0.05) is 30.4 Å². The summed E-state index contributed by atoms with van der Waals surface area (Å²) >= 11 is 1.32. The fourth-order valence-electron chi connectivity index (χ4n) is 4.70. The van der Waals surface area contributed by atoms with Crippen molar-refractivity contribution in [3.05, 3.63) is 11.1 Å².